The minimum atomic E-state index is -1.89. The lowest BCUT2D eigenvalue weighted by molar-refractivity contribution is 0.598. The van der Waals surface area contributed by atoms with E-state index in [2.05, 4.69) is 12.1 Å². The third kappa shape index (κ3) is 2.10. The van der Waals surface area contributed by atoms with Crippen molar-refractivity contribution in [3.63, 3.8) is 0 Å². The molecule has 3 aromatic rings. The Labute approximate surface area is 107 Å². The van der Waals surface area contributed by atoms with Gasteiger partial charge in [0.1, 0.15) is 7.80 Å². The second-order valence-electron chi connectivity index (χ2n) is 4.26. The lowest BCUT2D eigenvalue weighted by atomic mass is 10.1. The Kier molecular flexibility index (Phi) is 3.00. The molecule has 0 saturated heterocycles. The summed E-state index contributed by atoms with van der Waals surface area (Å²) in [5.74, 6) is 0. The normalized spacial score (nSPS) is 12.4. The van der Waals surface area contributed by atoms with Crippen LogP contribution in [0.1, 0.15) is 0 Å². The molecule has 88 valence electrons. The minimum absolute atomic E-state index is 0.915. The van der Waals surface area contributed by atoms with Gasteiger partial charge in [-0.25, -0.2) is 0 Å². The van der Waals surface area contributed by atoms with E-state index in [1.165, 1.54) is 5.39 Å². The Morgan fingerprint density at radius 1 is 0.611 bits per heavy atom. The molecule has 0 aromatic heterocycles. The third-order valence-corrected chi connectivity index (χ3v) is 4.74. The van der Waals surface area contributed by atoms with Gasteiger partial charge in [-0.15, -0.1) is 0 Å². The molecule has 3 aromatic carbocycles. The molecule has 1 nitrogen and oxygen atoms in total. The van der Waals surface area contributed by atoms with Crippen molar-refractivity contribution in [2.45, 2.75) is 0 Å². The van der Waals surface area contributed by atoms with Crippen molar-refractivity contribution in [3.05, 3.63) is 72.8 Å². The molecule has 0 aliphatic heterocycles. The predicted octanol–water partition coefficient (Wildman–Crippen LogP) is 3.35. The molecular formula is C16H13OP. The van der Waals surface area contributed by atoms with Crippen molar-refractivity contribution in [2.24, 2.45) is 0 Å². The summed E-state index contributed by atoms with van der Waals surface area (Å²) in [7, 11) is -1.89. The van der Waals surface area contributed by atoms with Crippen LogP contribution >= 0.6 is 7.80 Å². The number of rotatable bonds is 2. The van der Waals surface area contributed by atoms with Crippen LogP contribution in [0.4, 0.5) is 0 Å². The highest BCUT2D eigenvalue weighted by Crippen LogP contribution is 2.22. The summed E-state index contributed by atoms with van der Waals surface area (Å²) in [5.41, 5.74) is 0. The van der Waals surface area contributed by atoms with Crippen molar-refractivity contribution in [1.29, 1.82) is 0 Å². The van der Waals surface area contributed by atoms with Gasteiger partial charge in [0.25, 0.3) is 0 Å². The lowest BCUT2D eigenvalue weighted by Crippen LogP contribution is -2.05. The lowest BCUT2D eigenvalue weighted by Gasteiger charge is -2.04. The van der Waals surface area contributed by atoms with Crippen LogP contribution in [0.15, 0.2) is 72.8 Å². The fourth-order valence-corrected chi connectivity index (χ4v) is 3.44. The molecule has 0 spiro atoms. The van der Waals surface area contributed by atoms with Crippen LogP contribution in [0.2, 0.25) is 0 Å². The van der Waals surface area contributed by atoms with Crippen molar-refractivity contribution in [1.82, 2.24) is 0 Å². The van der Waals surface area contributed by atoms with Crippen molar-refractivity contribution in [2.75, 3.05) is 0 Å². The van der Waals surface area contributed by atoms with E-state index >= 15 is 0 Å². The largest absolute Gasteiger partial charge is 0.317 e. The molecule has 1 atom stereocenters. The number of benzene rings is 3. The van der Waals surface area contributed by atoms with Gasteiger partial charge in [-0.05, 0) is 16.8 Å². The first-order chi connectivity index (χ1) is 8.84. The molecular weight excluding hydrogens is 239 g/mol. The Morgan fingerprint density at radius 3 is 2.06 bits per heavy atom. The van der Waals surface area contributed by atoms with E-state index in [4.69, 9.17) is 0 Å². The highest BCUT2D eigenvalue weighted by molar-refractivity contribution is 7.61. The molecule has 0 saturated carbocycles. The van der Waals surface area contributed by atoms with Crippen molar-refractivity contribution >= 4 is 29.2 Å². The first-order valence-electron chi connectivity index (χ1n) is 5.93. The van der Waals surface area contributed by atoms with Crippen LogP contribution in [0.5, 0.6) is 0 Å². The standard InChI is InChI=1S/C16H13OP/c17-18(15-8-2-1-3-9-15)16-11-10-13-6-4-5-7-14(13)12-16/h1-12,18H. The van der Waals surface area contributed by atoms with E-state index in [0.717, 1.165) is 16.0 Å². The summed E-state index contributed by atoms with van der Waals surface area (Å²) in [6, 6.07) is 23.8. The number of hydrogen-bond acceptors (Lipinski definition) is 1. The topological polar surface area (TPSA) is 17.1 Å². The van der Waals surface area contributed by atoms with Gasteiger partial charge in [0, 0.05) is 10.6 Å². The van der Waals surface area contributed by atoms with E-state index < -0.39 is 7.80 Å². The molecule has 0 radical (unpaired) electrons. The molecule has 0 amide bonds. The van der Waals surface area contributed by atoms with Gasteiger partial charge in [0.15, 0.2) is 0 Å². The zero-order valence-electron chi connectivity index (χ0n) is 9.84. The molecule has 0 aliphatic carbocycles. The van der Waals surface area contributed by atoms with E-state index in [-0.39, 0.29) is 0 Å². The average molecular weight is 252 g/mol. The maximum Gasteiger partial charge on any atom is 0.131 e. The number of fused-ring (bicyclic) bond motifs is 1. The molecule has 0 fully saturated rings. The SMILES string of the molecule is O=[PH](c1ccccc1)c1ccc2ccccc2c1. The predicted molar refractivity (Wildman–Crippen MR) is 78.7 cm³/mol. The summed E-state index contributed by atoms with van der Waals surface area (Å²) in [6.07, 6.45) is 0. The van der Waals surface area contributed by atoms with E-state index in [9.17, 15) is 4.57 Å². The van der Waals surface area contributed by atoms with Crippen LogP contribution in [0, 0.1) is 0 Å². The first-order valence-corrected chi connectivity index (χ1v) is 7.34. The molecule has 0 N–H and O–H groups in total. The van der Waals surface area contributed by atoms with Gasteiger partial charge in [0.05, 0.1) is 0 Å². The molecule has 18 heavy (non-hydrogen) atoms. The van der Waals surface area contributed by atoms with Crippen LogP contribution in [0.25, 0.3) is 10.8 Å². The second-order valence-corrected chi connectivity index (χ2v) is 6.07. The van der Waals surface area contributed by atoms with E-state index in [1.807, 2.05) is 60.7 Å². The zero-order chi connectivity index (χ0) is 12.4. The van der Waals surface area contributed by atoms with E-state index in [1.54, 1.807) is 0 Å². The van der Waals surface area contributed by atoms with Crippen LogP contribution in [-0.2, 0) is 4.57 Å². The summed E-state index contributed by atoms with van der Waals surface area (Å²) >= 11 is 0. The minimum Gasteiger partial charge on any atom is -0.317 e. The Hall–Kier alpha value is -1.85. The van der Waals surface area contributed by atoms with Crippen LogP contribution in [0.3, 0.4) is 0 Å². The molecule has 1 unspecified atom stereocenters. The maximum atomic E-state index is 12.5. The Bertz CT molecular complexity index is 704. The van der Waals surface area contributed by atoms with Gasteiger partial charge in [-0.2, -0.15) is 0 Å². The molecule has 0 heterocycles. The van der Waals surface area contributed by atoms with Gasteiger partial charge in [0.2, 0.25) is 0 Å². The highest BCUT2D eigenvalue weighted by Gasteiger charge is 2.06. The van der Waals surface area contributed by atoms with Crippen molar-refractivity contribution < 1.29 is 4.57 Å². The van der Waals surface area contributed by atoms with Gasteiger partial charge in [-0.1, -0.05) is 66.7 Å². The summed E-state index contributed by atoms with van der Waals surface area (Å²) in [5, 5.41) is 4.16. The Morgan fingerprint density at radius 2 is 1.28 bits per heavy atom. The Balaban J connectivity index is 2.07. The quantitative estimate of drug-likeness (QED) is 0.639. The maximum absolute atomic E-state index is 12.5. The molecule has 3 rings (SSSR count). The van der Waals surface area contributed by atoms with E-state index in [0.29, 0.717) is 0 Å². The average Bonchev–Trinajstić information content (AvgIpc) is 2.47. The third-order valence-electron chi connectivity index (χ3n) is 3.05. The highest BCUT2D eigenvalue weighted by atomic mass is 31.1. The van der Waals surface area contributed by atoms with Crippen molar-refractivity contribution in [3.8, 4) is 0 Å². The summed E-state index contributed by atoms with van der Waals surface area (Å²) < 4.78 is 12.5. The van der Waals surface area contributed by atoms with Gasteiger partial charge >= 0.3 is 0 Å². The van der Waals surface area contributed by atoms with Gasteiger partial charge in [-0.3, -0.25) is 0 Å². The fraction of sp³-hybridized carbons (Fsp3) is 0. The fourth-order valence-electron chi connectivity index (χ4n) is 2.09. The molecule has 0 bridgehead atoms. The van der Waals surface area contributed by atoms with Crippen LogP contribution in [-0.4, -0.2) is 0 Å². The monoisotopic (exact) mass is 252 g/mol. The molecule has 2 heteroatoms. The smallest absolute Gasteiger partial charge is 0.131 e. The first kappa shape index (κ1) is 11.3. The second kappa shape index (κ2) is 4.80. The number of hydrogen-bond donors (Lipinski definition) is 0. The van der Waals surface area contributed by atoms with Gasteiger partial charge < -0.3 is 4.57 Å². The summed E-state index contributed by atoms with van der Waals surface area (Å²) in [4.78, 5) is 0. The van der Waals surface area contributed by atoms with Crippen LogP contribution < -0.4 is 10.6 Å². The molecule has 0 aliphatic rings. The summed E-state index contributed by atoms with van der Waals surface area (Å²) in [6.45, 7) is 0. The zero-order valence-corrected chi connectivity index (χ0v) is 10.8.